The standard InChI is InChI=1S/C26H25N3O6/c1-34-21-10-4-17(5-11-21)14-23(29-26(33)20-6-2-18(3-7-20)15-28-27)25(32)19-8-12-22(13-9-19)35-16-24(30)31/h2-13,15,23H,14,16,27H2,1H3,(H,29,33)(H,30,31)/t23-/m0/s1. The lowest BCUT2D eigenvalue weighted by atomic mass is 9.97. The van der Waals surface area contributed by atoms with E-state index in [1.807, 2.05) is 12.1 Å². The second-order valence-corrected chi connectivity index (χ2v) is 7.55. The summed E-state index contributed by atoms with van der Waals surface area (Å²) in [7, 11) is 1.57. The third-order valence-corrected chi connectivity index (χ3v) is 5.12. The molecule has 9 nitrogen and oxygen atoms in total. The topological polar surface area (TPSA) is 140 Å². The molecule has 180 valence electrons. The Morgan fingerprint density at radius 1 is 0.943 bits per heavy atom. The van der Waals surface area contributed by atoms with Crippen LogP contribution in [0.3, 0.4) is 0 Å². The van der Waals surface area contributed by atoms with E-state index in [2.05, 4.69) is 10.4 Å². The van der Waals surface area contributed by atoms with E-state index in [1.54, 1.807) is 43.5 Å². The third-order valence-electron chi connectivity index (χ3n) is 5.12. The van der Waals surface area contributed by atoms with Crippen molar-refractivity contribution in [1.82, 2.24) is 5.32 Å². The van der Waals surface area contributed by atoms with Crippen molar-refractivity contribution in [2.75, 3.05) is 13.7 Å². The maximum Gasteiger partial charge on any atom is 0.341 e. The SMILES string of the molecule is COc1ccc(C[C@H](NC(=O)c2ccc(C=NN)cc2)C(=O)c2ccc(OCC(=O)O)cc2)cc1. The van der Waals surface area contributed by atoms with Crippen molar-refractivity contribution in [2.24, 2.45) is 10.9 Å². The average Bonchev–Trinajstić information content (AvgIpc) is 2.88. The van der Waals surface area contributed by atoms with Gasteiger partial charge in [0.1, 0.15) is 11.5 Å². The molecular formula is C26H25N3O6. The number of carboxylic acid groups (broad SMARTS) is 1. The molecule has 0 saturated carbocycles. The highest BCUT2D eigenvalue weighted by Crippen LogP contribution is 2.17. The monoisotopic (exact) mass is 475 g/mol. The van der Waals surface area contributed by atoms with Crippen LogP contribution in [-0.4, -0.2) is 48.7 Å². The van der Waals surface area contributed by atoms with Crippen LogP contribution in [0, 0.1) is 0 Å². The van der Waals surface area contributed by atoms with Gasteiger partial charge in [-0.05, 0) is 59.7 Å². The third kappa shape index (κ3) is 7.16. The second kappa shape index (κ2) is 12.0. The molecule has 0 aliphatic rings. The molecule has 0 saturated heterocycles. The summed E-state index contributed by atoms with van der Waals surface area (Å²) in [6.45, 7) is -0.487. The van der Waals surface area contributed by atoms with Crippen LogP contribution in [0.1, 0.15) is 31.8 Å². The van der Waals surface area contributed by atoms with Crippen molar-refractivity contribution in [3.05, 3.63) is 95.1 Å². The number of benzene rings is 3. The zero-order valence-corrected chi connectivity index (χ0v) is 19.0. The predicted molar refractivity (Wildman–Crippen MR) is 130 cm³/mol. The summed E-state index contributed by atoms with van der Waals surface area (Å²) in [6.07, 6.45) is 1.71. The van der Waals surface area contributed by atoms with Gasteiger partial charge in [-0.15, -0.1) is 0 Å². The normalized spacial score (nSPS) is 11.6. The number of rotatable bonds is 11. The lowest BCUT2D eigenvalue weighted by Gasteiger charge is -2.19. The minimum absolute atomic E-state index is 0.254. The number of ketones is 1. The fraction of sp³-hybridized carbons (Fsp3) is 0.154. The Hall–Kier alpha value is -4.66. The van der Waals surface area contributed by atoms with Gasteiger partial charge in [-0.2, -0.15) is 5.10 Å². The minimum Gasteiger partial charge on any atom is -0.497 e. The Kier molecular flexibility index (Phi) is 8.55. The molecule has 0 unspecified atom stereocenters. The highest BCUT2D eigenvalue weighted by Gasteiger charge is 2.23. The van der Waals surface area contributed by atoms with Crippen LogP contribution in [0.15, 0.2) is 77.9 Å². The molecule has 3 rings (SSSR count). The quantitative estimate of drug-likeness (QED) is 0.168. The van der Waals surface area contributed by atoms with Crippen molar-refractivity contribution >= 4 is 23.9 Å². The molecule has 0 aromatic heterocycles. The van der Waals surface area contributed by atoms with Crippen molar-refractivity contribution in [1.29, 1.82) is 0 Å². The van der Waals surface area contributed by atoms with Gasteiger partial charge >= 0.3 is 5.97 Å². The Bertz CT molecular complexity index is 1190. The molecule has 35 heavy (non-hydrogen) atoms. The van der Waals surface area contributed by atoms with Gasteiger partial charge in [0, 0.05) is 17.5 Å². The number of nitrogens with one attached hydrogen (secondary N) is 1. The summed E-state index contributed by atoms with van der Waals surface area (Å²) in [5.41, 5.74) is 2.30. The van der Waals surface area contributed by atoms with Crippen molar-refractivity contribution in [3.8, 4) is 11.5 Å². The number of ether oxygens (including phenoxy) is 2. The Morgan fingerprint density at radius 2 is 1.54 bits per heavy atom. The Balaban J connectivity index is 1.81. The van der Waals surface area contributed by atoms with Crippen LogP contribution in [-0.2, 0) is 11.2 Å². The number of hydrogen-bond acceptors (Lipinski definition) is 7. The molecule has 3 aromatic carbocycles. The number of Topliss-reactive ketones (excluding diaryl/α,β-unsaturated/α-hetero) is 1. The summed E-state index contributed by atoms with van der Waals surface area (Å²) in [5, 5.41) is 15.0. The average molecular weight is 476 g/mol. The highest BCUT2D eigenvalue weighted by molar-refractivity contribution is 6.04. The zero-order chi connectivity index (χ0) is 25.2. The molecular weight excluding hydrogens is 450 g/mol. The molecule has 1 amide bonds. The van der Waals surface area contributed by atoms with Crippen LogP contribution in [0.5, 0.6) is 11.5 Å². The van der Waals surface area contributed by atoms with E-state index in [1.165, 1.54) is 30.5 Å². The maximum atomic E-state index is 13.4. The number of nitrogens with zero attached hydrogens (tertiary/aromatic N) is 1. The number of nitrogens with two attached hydrogens (primary N) is 1. The number of carbonyl (C=O) groups excluding carboxylic acids is 2. The van der Waals surface area contributed by atoms with Crippen molar-refractivity contribution in [2.45, 2.75) is 12.5 Å². The highest BCUT2D eigenvalue weighted by atomic mass is 16.5. The summed E-state index contributed by atoms with van der Waals surface area (Å²) in [6, 6.07) is 19.1. The van der Waals surface area contributed by atoms with E-state index in [9.17, 15) is 14.4 Å². The van der Waals surface area contributed by atoms with Gasteiger partial charge in [0.05, 0.1) is 19.4 Å². The number of carbonyl (C=O) groups is 3. The van der Waals surface area contributed by atoms with Crippen LogP contribution >= 0.6 is 0 Å². The van der Waals surface area contributed by atoms with Gasteiger partial charge in [0.25, 0.3) is 5.91 Å². The van der Waals surface area contributed by atoms with E-state index in [0.717, 1.165) is 11.1 Å². The first kappa shape index (κ1) is 25.0. The predicted octanol–water partition coefficient (Wildman–Crippen LogP) is 2.68. The molecule has 0 heterocycles. The summed E-state index contributed by atoms with van der Waals surface area (Å²) in [5.74, 6) is 4.35. The van der Waals surface area contributed by atoms with Gasteiger partial charge in [0.15, 0.2) is 12.4 Å². The molecule has 1 atom stereocenters. The number of hydrogen-bond donors (Lipinski definition) is 3. The summed E-state index contributed by atoms with van der Waals surface area (Å²) < 4.78 is 10.3. The Morgan fingerprint density at radius 3 is 2.11 bits per heavy atom. The number of amides is 1. The van der Waals surface area contributed by atoms with Crippen LogP contribution in [0.2, 0.25) is 0 Å². The van der Waals surface area contributed by atoms with Crippen molar-refractivity contribution < 1.29 is 29.0 Å². The van der Waals surface area contributed by atoms with Gasteiger partial charge in [-0.3, -0.25) is 9.59 Å². The molecule has 0 bridgehead atoms. The molecule has 0 aliphatic heterocycles. The second-order valence-electron chi connectivity index (χ2n) is 7.55. The molecule has 0 fully saturated rings. The van der Waals surface area contributed by atoms with Crippen LogP contribution < -0.4 is 20.6 Å². The fourth-order valence-corrected chi connectivity index (χ4v) is 3.32. The van der Waals surface area contributed by atoms with Crippen LogP contribution in [0.4, 0.5) is 0 Å². The lowest BCUT2D eigenvalue weighted by Crippen LogP contribution is -2.42. The van der Waals surface area contributed by atoms with E-state index in [-0.39, 0.29) is 12.2 Å². The zero-order valence-electron chi connectivity index (χ0n) is 19.0. The largest absolute Gasteiger partial charge is 0.497 e. The van der Waals surface area contributed by atoms with Gasteiger partial charge in [-0.1, -0.05) is 24.3 Å². The molecule has 0 spiro atoms. The van der Waals surface area contributed by atoms with E-state index in [4.69, 9.17) is 20.4 Å². The van der Waals surface area contributed by atoms with E-state index in [0.29, 0.717) is 22.6 Å². The lowest BCUT2D eigenvalue weighted by molar-refractivity contribution is -0.139. The fourth-order valence-electron chi connectivity index (χ4n) is 3.32. The molecule has 0 aliphatic carbocycles. The smallest absolute Gasteiger partial charge is 0.341 e. The minimum atomic E-state index is -1.10. The number of hydrazone groups is 1. The summed E-state index contributed by atoms with van der Waals surface area (Å²) >= 11 is 0. The van der Waals surface area contributed by atoms with Gasteiger partial charge in [0.2, 0.25) is 0 Å². The molecule has 0 radical (unpaired) electrons. The first-order chi connectivity index (χ1) is 16.9. The first-order valence-corrected chi connectivity index (χ1v) is 10.7. The molecule has 4 N–H and O–H groups in total. The van der Waals surface area contributed by atoms with Gasteiger partial charge in [-0.25, -0.2) is 4.79 Å². The molecule has 9 heteroatoms. The number of aliphatic carboxylic acids is 1. The van der Waals surface area contributed by atoms with Crippen molar-refractivity contribution in [3.63, 3.8) is 0 Å². The van der Waals surface area contributed by atoms with E-state index >= 15 is 0 Å². The number of carboxylic acids is 1. The Labute approximate surface area is 202 Å². The van der Waals surface area contributed by atoms with Crippen LogP contribution in [0.25, 0.3) is 0 Å². The number of methoxy groups -OCH3 is 1. The van der Waals surface area contributed by atoms with E-state index < -0.39 is 24.5 Å². The maximum absolute atomic E-state index is 13.4. The summed E-state index contributed by atoms with van der Waals surface area (Å²) in [4.78, 5) is 37.0. The first-order valence-electron chi connectivity index (χ1n) is 10.7. The van der Waals surface area contributed by atoms with Gasteiger partial charge < -0.3 is 25.7 Å². The molecule has 3 aromatic rings.